The Morgan fingerprint density at radius 2 is 1.93 bits per heavy atom. The maximum atomic E-state index is 13.1. The molecular formula is C9H8F2N2O. The summed E-state index contributed by atoms with van der Waals surface area (Å²) in [5.74, 6) is -2.32. The van der Waals surface area contributed by atoms with E-state index in [0.717, 1.165) is 19.1 Å². The first-order valence-electron chi connectivity index (χ1n) is 3.79. The smallest absolute Gasteiger partial charge is 0.244 e. The molecular weight excluding hydrogens is 190 g/mol. The Hall–Kier alpha value is -1.78. The van der Waals surface area contributed by atoms with Crippen molar-refractivity contribution in [3.05, 3.63) is 29.8 Å². The molecule has 74 valence electrons. The molecule has 0 fully saturated rings. The van der Waals surface area contributed by atoms with Gasteiger partial charge in [0.15, 0.2) is 11.6 Å². The van der Waals surface area contributed by atoms with Crippen LogP contribution in [0.4, 0.5) is 14.5 Å². The summed E-state index contributed by atoms with van der Waals surface area (Å²) in [7, 11) is 0. The monoisotopic (exact) mass is 198 g/mol. The number of nitrogens with zero attached hydrogens (tertiary/aromatic N) is 2. The van der Waals surface area contributed by atoms with E-state index in [1.54, 1.807) is 0 Å². The number of carbonyl (C=O) groups is 1. The molecule has 1 amide bonds. The van der Waals surface area contributed by atoms with Crippen molar-refractivity contribution in [2.24, 2.45) is 5.10 Å². The number of para-hydroxylation sites is 1. The van der Waals surface area contributed by atoms with Gasteiger partial charge >= 0.3 is 0 Å². The molecule has 0 atom stereocenters. The molecule has 0 bridgehead atoms. The van der Waals surface area contributed by atoms with Gasteiger partial charge in [0.1, 0.15) is 5.69 Å². The Bertz CT molecular complexity index is 359. The molecule has 0 unspecified atom stereocenters. The Labute approximate surface area is 79.6 Å². The Kier molecular flexibility index (Phi) is 2.91. The highest BCUT2D eigenvalue weighted by Crippen LogP contribution is 2.23. The maximum absolute atomic E-state index is 13.1. The zero-order valence-electron chi connectivity index (χ0n) is 7.50. The van der Waals surface area contributed by atoms with Gasteiger partial charge in [-0.2, -0.15) is 10.1 Å². The van der Waals surface area contributed by atoms with Crippen LogP contribution in [0, 0.1) is 11.6 Å². The van der Waals surface area contributed by atoms with E-state index in [2.05, 4.69) is 11.8 Å². The number of hydrogen-bond donors (Lipinski definition) is 0. The third-order valence-electron chi connectivity index (χ3n) is 1.59. The molecule has 0 saturated carbocycles. The molecule has 0 aliphatic carbocycles. The summed E-state index contributed by atoms with van der Waals surface area (Å²) in [5.41, 5.74) is -0.505. The van der Waals surface area contributed by atoms with E-state index >= 15 is 0 Å². The highest BCUT2D eigenvalue weighted by molar-refractivity contribution is 5.91. The van der Waals surface area contributed by atoms with E-state index in [1.165, 1.54) is 6.07 Å². The third kappa shape index (κ3) is 1.76. The molecule has 0 radical (unpaired) electrons. The van der Waals surface area contributed by atoms with Crippen LogP contribution in [0.3, 0.4) is 0 Å². The molecule has 0 aliphatic heterocycles. The first-order chi connectivity index (χ1) is 6.57. The molecule has 0 aromatic heterocycles. The average molecular weight is 198 g/mol. The van der Waals surface area contributed by atoms with E-state index in [-0.39, 0.29) is 0 Å². The minimum atomic E-state index is -0.854. The summed E-state index contributed by atoms with van der Waals surface area (Å²) in [6.07, 6.45) is 0. The average Bonchev–Trinajstić information content (AvgIpc) is 2.10. The second-order valence-corrected chi connectivity index (χ2v) is 2.54. The van der Waals surface area contributed by atoms with Crippen LogP contribution in [0.5, 0.6) is 0 Å². The van der Waals surface area contributed by atoms with Gasteiger partial charge in [-0.3, -0.25) is 4.79 Å². The Morgan fingerprint density at radius 3 is 2.29 bits per heavy atom. The zero-order valence-corrected chi connectivity index (χ0v) is 7.50. The van der Waals surface area contributed by atoms with E-state index in [9.17, 15) is 13.6 Å². The van der Waals surface area contributed by atoms with Gasteiger partial charge in [-0.15, -0.1) is 0 Å². The van der Waals surface area contributed by atoms with Crippen LogP contribution < -0.4 is 5.01 Å². The van der Waals surface area contributed by atoms with Gasteiger partial charge in [0.05, 0.1) is 0 Å². The van der Waals surface area contributed by atoms with Gasteiger partial charge in [0, 0.05) is 13.6 Å². The molecule has 14 heavy (non-hydrogen) atoms. The number of carbonyl (C=O) groups excluding carboxylic acids is 1. The predicted molar refractivity (Wildman–Crippen MR) is 49.1 cm³/mol. The van der Waals surface area contributed by atoms with Crippen LogP contribution in [-0.2, 0) is 4.79 Å². The molecule has 0 aliphatic rings. The van der Waals surface area contributed by atoms with Crippen molar-refractivity contribution in [1.82, 2.24) is 0 Å². The molecule has 0 saturated heterocycles. The summed E-state index contributed by atoms with van der Waals surface area (Å²) in [4.78, 5) is 10.9. The highest BCUT2D eigenvalue weighted by atomic mass is 19.1. The number of rotatable bonds is 2. The standard InChI is InChI=1S/C9H8F2N2O/c1-6(14)13(12-2)9-7(10)4-3-5-8(9)11/h3-5H,2H2,1H3. The van der Waals surface area contributed by atoms with Crippen molar-refractivity contribution in [1.29, 1.82) is 0 Å². The first kappa shape index (κ1) is 10.3. The third-order valence-corrected chi connectivity index (χ3v) is 1.59. The second kappa shape index (κ2) is 3.95. The summed E-state index contributed by atoms with van der Waals surface area (Å²) >= 11 is 0. The number of benzene rings is 1. The Morgan fingerprint density at radius 1 is 1.43 bits per heavy atom. The fourth-order valence-electron chi connectivity index (χ4n) is 1.02. The van der Waals surface area contributed by atoms with Crippen LogP contribution in [0.2, 0.25) is 0 Å². The van der Waals surface area contributed by atoms with E-state index in [0.29, 0.717) is 5.01 Å². The lowest BCUT2D eigenvalue weighted by molar-refractivity contribution is -0.116. The fourth-order valence-corrected chi connectivity index (χ4v) is 1.02. The van der Waals surface area contributed by atoms with Crippen molar-refractivity contribution in [3.8, 4) is 0 Å². The lowest BCUT2D eigenvalue weighted by atomic mass is 10.3. The van der Waals surface area contributed by atoms with Crippen LogP contribution in [0.25, 0.3) is 0 Å². The normalized spacial score (nSPS) is 9.64. The summed E-state index contributed by atoms with van der Waals surface area (Å²) < 4.78 is 26.3. The van der Waals surface area contributed by atoms with Crippen LogP contribution in [0.1, 0.15) is 6.92 Å². The van der Waals surface area contributed by atoms with Crippen molar-refractivity contribution < 1.29 is 13.6 Å². The zero-order chi connectivity index (χ0) is 10.7. The molecule has 3 nitrogen and oxygen atoms in total. The maximum Gasteiger partial charge on any atom is 0.244 e. The number of hydrazone groups is 1. The van der Waals surface area contributed by atoms with Crippen molar-refractivity contribution >= 4 is 18.3 Å². The van der Waals surface area contributed by atoms with Gasteiger partial charge in [-0.1, -0.05) is 6.07 Å². The molecule has 1 aromatic carbocycles. The molecule has 1 aromatic rings. The summed E-state index contributed by atoms with van der Waals surface area (Å²) in [6, 6.07) is 3.29. The molecule has 5 heteroatoms. The lowest BCUT2D eigenvalue weighted by Gasteiger charge is -2.15. The van der Waals surface area contributed by atoms with Gasteiger partial charge < -0.3 is 0 Å². The predicted octanol–water partition coefficient (Wildman–Crippen LogP) is 1.93. The van der Waals surface area contributed by atoms with E-state index in [4.69, 9.17) is 0 Å². The number of anilines is 1. The van der Waals surface area contributed by atoms with Crippen molar-refractivity contribution in [2.75, 3.05) is 5.01 Å². The van der Waals surface area contributed by atoms with Gasteiger partial charge in [-0.05, 0) is 12.1 Å². The second-order valence-electron chi connectivity index (χ2n) is 2.54. The van der Waals surface area contributed by atoms with Gasteiger partial charge in [-0.25, -0.2) is 8.78 Å². The van der Waals surface area contributed by atoms with E-state index < -0.39 is 23.2 Å². The number of halogens is 2. The van der Waals surface area contributed by atoms with Gasteiger partial charge in [0.2, 0.25) is 5.91 Å². The number of amides is 1. The SMILES string of the molecule is C=NN(C(C)=O)c1c(F)cccc1F. The highest BCUT2D eigenvalue weighted by Gasteiger charge is 2.18. The van der Waals surface area contributed by atoms with Crippen molar-refractivity contribution in [3.63, 3.8) is 0 Å². The summed E-state index contributed by atoms with van der Waals surface area (Å²) in [5, 5.41) is 3.81. The molecule has 0 spiro atoms. The van der Waals surface area contributed by atoms with Crippen LogP contribution in [-0.4, -0.2) is 12.6 Å². The molecule has 0 heterocycles. The minimum Gasteiger partial charge on any atom is -0.273 e. The van der Waals surface area contributed by atoms with Crippen LogP contribution in [0.15, 0.2) is 23.3 Å². The van der Waals surface area contributed by atoms with Crippen molar-refractivity contribution in [2.45, 2.75) is 6.92 Å². The number of hydrogen-bond acceptors (Lipinski definition) is 2. The molecule has 1 rings (SSSR count). The van der Waals surface area contributed by atoms with Gasteiger partial charge in [0.25, 0.3) is 0 Å². The quantitative estimate of drug-likeness (QED) is 0.528. The summed E-state index contributed by atoms with van der Waals surface area (Å²) in [6.45, 7) is 4.20. The largest absolute Gasteiger partial charge is 0.273 e. The van der Waals surface area contributed by atoms with E-state index in [1.807, 2.05) is 0 Å². The lowest BCUT2D eigenvalue weighted by Crippen LogP contribution is -2.23. The minimum absolute atomic E-state index is 0.505. The topological polar surface area (TPSA) is 32.7 Å². The molecule has 0 N–H and O–H groups in total. The first-order valence-corrected chi connectivity index (χ1v) is 3.79. The fraction of sp³-hybridized carbons (Fsp3) is 0.111. The Balaban J connectivity index is 3.28. The van der Waals surface area contributed by atoms with Crippen LogP contribution >= 0.6 is 0 Å².